The SMILES string of the molecule is Cn1cnnc1SCC(=O)c1c(-c2ccccc2)n(C)c2ccccc12. The zero-order valence-corrected chi connectivity index (χ0v) is 15.4. The van der Waals surface area contributed by atoms with Crippen LogP contribution in [0.15, 0.2) is 66.1 Å². The maximum Gasteiger partial charge on any atom is 0.191 e. The summed E-state index contributed by atoms with van der Waals surface area (Å²) in [6.07, 6.45) is 1.64. The number of aromatic nitrogens is 4. The molecule has 5 nitrogen and oxygen atoms in total. The summed E-state index contributed by atoms with van der Waals surface area (Å²) in [5, 5.41) is 9.64. The molecule has 0 aliphatic heterocycles. The fourth-order valence-corrected chi connectivity index (χ4v) is 3.98. The number of benzene rings is 2. The molecule has 4 aromatic rings. The third-order valence-electron chi connectivity index (χ3n) is 4.44. The van der Waals surface area contributed by atoms with Gasteiger partial charge in [0.05, 0.1) is 17.0 Å². The lowest BCUT2D eigenvalue weighted by molar-refractivity contribution is 0.102. The molecule has 4 rings (SSSR count). The van der Waals surface area contributed by atoms with Gasteiger partial charge >= 0.3 is 0 Å². The van der Waals surface area contributed by atoms with Crippen LogP contribution in [0.5, 0.6) is 0 Å². The van der Waals surface area contributed by atoms with Crippen molar-refractivity contribution in [2.45, 2.75) is 5.16 Å². The minimum absolute atomic E-state index is 0.0913. The molecule has 2 aromatic carbocycles. The standard InChI is InChI=1S/C20H18N4OS/c1-23-13-21-22-20(23)26-12-17(25)18-15-10-6-7-11-16(15)24(2)19(18)14-8-4-3-5-9-14/h3-11,13H,12H2,1-2H3. The first-order valence-corrected chi connectivity index (χ1v) is 9.28. The van der Waals surface area contributed by atoms with Gasteiger partial charge in [0.2, 0.25) is 0 Å². The van der Waals surface area contributed by atoms with Crippen LogP contribution in [0.3, 0.4) is 0 Å². The molecule has 130 valence electrons. The van der Waals surface area contributed by atoms with E-state index < -0.39 is 0 Å². The number of rotatable bonds is 5. The van der Waals surface area contributed by atoms with Crippen molar-refractivity contribution in [1.82, 2.24) is 19.3 Å². The lowest BCUT2D eigenvalue weighted by Crippen LogP contribution is -2.06. The van der Waals surface area contributed by atoms with Gasteiger partial charge in [0.25, 0.3) is 0 Å². The number of nitrogens with zero attached hydrogens (tertiary/aromatic N) is 4. The third kappa shape index (κ3) is 2.82. The number of hydrogen-bond donors (Lipinski definition) is 0. The monoisotopic (exact) mass is 362 g/mol. The number of fused-ring (bicyclic) bond motifs is 1. The Morgan fingerprint density at radius 3 is 2.50 bits per heavy atom. The highest BCUT2D eigenvalue weighted by molar-refractivity contribution is 7.99. The lowest BCUT2D eigenvalue weighted by atomic mass is 10.0. The van der Waals surface area contributed by atoms with Gasteiger partial charge in [0.15, 0.2) is 10.9 Å². The van der Waals surface area contributed by atoms with Crippen LogP contribution in [0.4, 0.5) is 0 Å². The van der Waals surface area contributed by atoms with Crippen LogP contribution >= 0.6 is 11.8 Å². The molecule has 0 N–H and O–H groups in total. The molecule has 0 aliphatic rings. The Bertz CT molecular complexity index is 1080. The Kier molecular flexibility index (Phi) is 4.34. The molecule has 0 amide bonds. The molecular formula is C20H18N4OS. The predicted octanol–water partition coefficient (Wildman–Crippen LogP) is 3.95. The summed E-state index contributed by atoms with van der Waals surface area (Å²) >= 11 is 1.41. The number of Topliss-reactive ketones (excluding diaryl/α,β-unsaturated/α-hetero) is 1. The predicted molar refractivity (Wildman–Crippen MR) is 104 cm³/mol. The van der Waals surface area contributed by atoms with Gasteiger partial charge < -0.3 is 9.13 Å². The quantitative estimate of drug-likeness (QED) is 0.398. The molecular weight excluding hydrogens is 344 g/mol. The summed E-state index contributed by atoms with van der Waals surface area (Å²) in [6, 6.07) is 18.1. The molecule has 6 heteroatoms. The van der Waals surface area contributed by atoms with Crippen LogP contribution < -0.4 is 0 Å². The van der Waals surface area contributed by atoms with Crippen LogP contribution in [-0.4, -0.2) is 30.9 Å². The highest BCUT2D eigenvalue weighted by Crippen LogP contribution is 2.34. The molecule has 0 radical (unpaired) electrons. The number of aryl methyl sites for hydroxylation is 2. The normalized spacial score (nSPS) is 11.2. The molecule has 2 heterocycles. The molecule has 0 saturated heterocycles. The van der Waals surface area contributed by atoms with Gasteiger partial charge in [0.1, 0.15) is 6.33 Å². The lowest BCUT2D eigenvalue weighted by Gasteiger charge is -2.08. The third-order valence-corrected chi connectivity index (χ3v) is 5.47. The van der Waals surface area contributed by atoms with E-state index in [0.29, 0.717) is 5.75 Å². The van der Waals surface area contributed by atoms with Crippen LogP contribution in [0, 0.1) is 0 Å². The molecule has 0 bridgehead atoms. The topological polar surface area (TPSA) is 52.7 Å². The van der Waals surface area contributed by atoms with Crippen molar-refractivity contribution in [2.24, 2.45) is 14.1 Å². The first-order chi connectivity index (χ1) is 12.7. The number of para-hydroxylation sites is 1. The first kappa shape index (κ1) is 16.6. The number of ketones is 1. The maximum absolute atomic E-state index is 13.2. The van der Waals surface area contributed by atoms with Crippen LogP contribution in [0.25, 0.3) is 22.2 Å². The molecule has 2 aromatic heterocycles. The van der Waals surface area contributed by atoms with Crippen molar-refractivity contribution < 1.29 is 4.79 Å². The largest absolute Gasteiger partial charge is 0.343 e. The van der Waals surface area contributed by atoms with Crippen LogP contribution in [0.2, 0.25) is 0 Å². The Balaban J connectivity index is 1.80. The van der Waals surface area contributed by atoms with Gasteiger partial charge in [-0.25, -0.2) is 0 Å². The van der Waals surface area contributed by atoms with E-state index in [4.69, 9.17) is 0 Å². The van der Waals surface area contributed by atoms with Gasteiger partial charge in [0, 0.05) is 25.0 Å². The fraction of sp³-hybridized carbons (Fsp3) is 0.150. The summed E-state index contributed by atoms with van der Waals surface area (Å²) in [4.78, 5) is 13.2. The zero-order chi connectivity index (χ0) is 18.1. The van der Waals surface area contributed by atoms with Crippen molar-refractivity contribution in [2.75, 3.05) is 5.75 Å². The van der Waals surface area contributed by atoms with E-state index in [0.717, 1.165) is 32.9 Å². The van der Waals surface area contributed by atoms with Crippen LogP contribution in [0.1, 0.15) is 10.4 Å². The second-order valence-electron chi connectivity index (χ2n) is 6.10. The average molecular weight is 362 g/mol. The van der Waals surface area contributed by atoms with Crippen LogP contribution in [-0.2, 0) is 14.1 Å². The average Bonchev–Trinajstić information content (AvgIpc) is 3.21. The summed E-state index contributed by atoms with van der Waals surface area (Å²) in [5.41, 5.74) is 3.82. The highest BCUT2D eigenvalue weighted by Gasteiger charge is 2.22. The van der Waals surface area contributed by atoms with Gasteiger partial charge in [-0.05, 0) is 11.6 Å². The molecule has 0 saturated carbocycles. The molecule has 26 heavy (non-hydrogen) atoms. The van der Waals surface area contributed by atoms with Crippen molar-refractivity contribution in [1.29, 1.82) is 0 Å². The van der Waals surface area contributed by atoms with Gasteiger partial charge in [-0.15, -0.1) is 10.2 Å². The van der Waals surface area contributed by atoms with Gasteiger partial charge in [-0.2, -0.15) is 0 Å². The van der Waals surface area contributed by atoms with E-state index in [9.17, 15) is 4.79 Å². The summed E-state index contributed by atoms with van der Waals surface area (Å²) < 4.78 is 3.92. The van der Waals surface area contributed by atoms with Crippen molar-refractivity contribution in [3.8, 4) is 11.3 Å². The second kappa shape index (κ2) is 6.80. The Morgan fingerprint density at radius 1 is 1.04 bits per heavy atom. The Morgan fingerprint density at radius 2 is 1.77 bits per heavy atom. The van der Waals surface area contributed by atoms with Crippen molar-refractivity contribution >= 4 is 28.4 Å². The minimum atomic E-state index is 0.0913. The van der Waals surface area contributed by atoms with E-state index in [1.807, 2.05) is 73.3 Å². The van der Waals surface area contributed by atoms with Crippen molar-refractivity contribution in [3.63, 3.8) is 0 Å². The zero-order valence-electron chi connectivity index (χ0n) is 14.6. The number of carbonyl (C=O) groups excluding carboxylic acids is 1. The summed E-state index contributed by atoms with van der Waals surface area (Å²) in [5.74, 6) is 0.411. The van der Waals surface area contributed by atoms with Gasteiger partial charge in [-0.3, -0.25) is 4.79 Å². The first-order valence-electron chi connectivity index (χ1n) is 8.29. The summed E-state index contributed by atoms with van der Waals surface area (Å²) in [7, 11) is 3.89. The number of carbonyl (C=O) groups is 1. The maximum atomic E-state index is 13.2. The van der Waals surface area contributed by atoms with Crippen molar-refractivity contribution in [3.05, 3.63) is 66.5 Å². The van der Waals surface area contributed by atoms with E-state index >= 15 is 0 Å². The Hall–Kier alpha value is -2.86. The second-order valence-corrected chi connectivity index (χ2v) is 7.04. The molecule has 0 unspecified atom stereocenters. The number of hydrogen-bond acceptors (Lipinski definition) is 4. The molecule has 0 aliphatic carbocycles. The Labute approximate surface area is 155 Å². The molecule has 0 fully saturated rings. The number of thioether (sulfide) groups is 1. The minimum Gasteiger partial charge on any atom is -0.343 e. The van der Waals surface area contributed by atoms with E-state index in [-0.39, 0.29) is 5.78 Å². The molecule has 0 spiro atoms. The smallest absolute Gasteiger partial charge is 0.191 e. The highest BCUT2D eigenvalue weighted by atomic mass is 32.2. The van der Waals surface area contributed by atoms with E-state index in [2.05, 4.69) is 14.8 Å². The van der Waals surface area contributed by atoms with Gasteiger partial charge in [-0.1, -0.05) is 60.3 Å². The van der Waals surface area contributed by atoms with E-state index in [1.54, 1.807) is 6.33 Å². The summed E-state index contributed by atoms with van der Waals surface area (Å²) in [6.45, 7) is 0. The van der Waals surface area contributed by atoms with E-state index in [1.165, 1.54) is 11.8 Å². The molecule has 0 atom stereocenters. The fourth-order valence-electron chi connectivity index (χ4n) is 3.22.